The molecule has 0 aliphatic heterocycles. The molecule has 0 spiro atoms. The van der Waals surface area contributed by atoms with Crippen molar-refractivity contribution in [3.63, 3.8) is 0 Å². The van der Waals surface area contributed by atoms with Gasteiger partial charge < -0.3 is 14.0 Å². The van der Waals surface area contributed by atoms with Crippen LogP contribution in [-0.4, -0.2) is 34.5 Å². The number of methoxy groups -OCH3 is 2. The maximum absolute atomic E-state index is 12.7. The van der Waals surface area contributed by atoms with Crippen molar-refractivity contribution in [1.82, 2.24) is 14.3 Å². The molecule has 0 aliphatic rings. The van der Waals surface area contributed by atoms with Gasteiger partial charge in [0, 0.05) is 19.3 Å². The molecular formula is C18H20N4O3S. The van der Waals surface area contributed by atoms with E-state index in [0.717, 1.165) is 10.2 Å². The molecule has 0 N–H and O–H groups in total. The second kappa shape index (κ2) is 7.57. The van der Waals surface area contributed by atoms with Crippen molar-refractivity contribution in [2.75, 3.05) is 14.2 Å². The van der Waals surface area contributed by atoms with Gasteiger partial charge in [0.25, 0.3) is 5.91 Å². The number of ether oxygens (including phenoxy) is 2. The lowest BCUT2D eigenvalue weighted by Gasteiger charge is -2.08. The molecule has 0 aliphatic carbocycles. The average molecular weight is 372 g/mol. The number of aromatic nitrogens is 3. The smallest absolute Gasteiger partial charge is 0.297 e. The van der Waals surface area contributed by atoms with Crippen LogP contribution in [0.15, 0.2) is 42.0 Å². The van der Waals surface area contributed by atoms with Crippen molar-refractivity contribution in [2.24, 2.45) is 4.99 Å². The Morgan fingerprint density at radius 1 is 1.31 bits per heavy atom. The van der Waals surface area contributed by atoms with Gasteiger partial charge in [-0.3, -0.25) is 9.48 Å². The van der Waals surface area contributed by atoms with Gasteiger partial charge in [-0.15, -0.1) is 6.58 Å². The number of benzene rings is 1. The minimum absolute atomic E-state index is 0.341. The van der Waals surface area contributed by atoms with Crippen LogP contribution in [0.3, 0.4) is 0 Å². The number of fused-ring (bicyclic) bond motifs is 1. The van der Waals surface area contributed by atoms with Gasteiger partial charge in [-0.2, -0.15) is 10.1 Å². The average Bonchev–Trinajstić information content (AvgIpc) is 3.26. The Bertz CT molecular complexity index is 1030. The molecule has 8 heteroatoms. The summed E-state index contributed by atoms with van der Waals surface area (Å²) < 4.78 is 15.3. The highest BCUT2D eigenvalue weighted by Gasteiger charge is 2.17. The van der Waals surface area contributed by atoms with Crippen LogP contribution in [0.25, 0.3) is 10.2 Å². The van der Waals surface area contributed by atoms with Gasteiger partial charge in [-0.25, -0.2) is 0 Å². The van der Waals surface area contributed by atoms with Gasteiger partial charge in [0.1, 0.15) is 27.4 Å². The summed E-state index contributed by atoms with van der Waals surface area (Å²) in [5, 5.41) is 4.13. The van der Waals surface area contributed by atoms with E-state index >= 15 is 0 Å². The van der Waals surface area contributed by atoms with Crippen molar-refractivity contribution in [2.45, 2.75) is 20.0 Å². The molecule has 0 saturated heterocycles. The highest BCUT2D eigenvalue weighted by molar-refractivity contribution is 7.16. The van der Waals surface area contributed by atoms with E-state index in [4.69, 9.17) is 9.47 Å². The minimum atomic E-state index is -0.341. The second-order valence-electron chi connectivity index (χ2n) is 5.38. The van der Waals surface area contributed by atoms with Crippen LogP contribution in [0.1, 0.15) is 17.4 Å². The Morgan fingerprint density at radius 2 is 2.04 bits per heavy atom. The quantitative estimate of drug-likeness (QED) is 0.624. The summed E-state index contributed by atoms with van der Waals surface area (Å²) in [4.78, 5) is 17.6. The van der Waals surface area contributed by atoms with Crippen molar-refractivity contribution < 1.29 is 14.3 Å². The van der Waals surface area contributed by atoms with Gasteiger partial charge in [-0.05, 0) is 25.1 Å². The SMILES string of the molecule is C=CCn1c(=NC(=O)c2ccnn2CC)sc2c(OC)ccc(OC)c21. The topological polar surface area (TPSA) is 70.6 Å². The Labute approximate surface area is 154 Å². The lowest BCUT2D eigenvalue weighted by Crippen LogP contribution is -2.18. The minimum Gasteiger partial charge on any atom is -0.495 e. The summed E-state index contributed by atoms with van der Waals surface area (Å²) in [5.74, 6) is 1.05. The van der Waals surface area contributed by atoms with Crippen LogP contribution in [0.4, 0.5) is 0 Å². The molecule has 1 amide bonds. The fourth-order valence-corrected chi connectivity index (χ4v) is 3.89. The zero-order chi connectivity index (χ0) is 18.7. The van der Waals surface area contributed by atoms with Crippen molar-refractivity contribution in [3.8, 4) is 11.5 Å². The van der Waals surface area contributed by atoms with E-state index in [-0.39, 0.29) is 5.91 Å². The lowest BCUT2D eigenvalue weighted by molar-refractivity contribution is 0.0987. The summed E-state index contributed by atoms with van der Waals surface area (Å²) in [6.45, 7) is 6.83. The third-order valence-corrected chi connectivity index (χ3v) is 5.03. The molecule has 0 fully saturated rings. The Balaban J connectivity index is 2.26. The van der Waals surface area contributed by atoms with E-state index in [9.17, 15) is 4.79 Å². The number of allylic oxidation sites excluding steroid dienone is 1. The number of carbonyl (C=O) groups excluding carboxylic acids is 1. The predicted molar refractivity (Wildman–Crippen MR) is 101 cm³/mol. The molecular weight excluding hydrogens is 352 g/mol. The van der Waals surface area contributed by atoms with Gasteiger partial charge in [0.05, 0.1) is 14.2 Å². The van der Waals surface area contributed by atoms with E-state index in [1.54, 1.807) is 37.2 Å². The molecule has 3 aromatic rings. The van der Waals surface area contributed by atoms with Crippen molar-refractivity contribution in [3.05, 3.63) is 47.5 Å². The molecule has 1 aromatic carbocycles. The van der Waals surface area contributed by atoms with Crippen LogP contribution < -0.4 is 14.3 Å². The molecule has 0 bridgehead atoms. The maximum Gasteiger partial charge on any atom is 0.297 e. The van der Waals surface area contributed by atoms with Crippen LogP contribution in [-0.2, 0) is 13.1 Å². The predicted octanol–water partition coefficient (Wildman–Crippen LogP) is 2.86. The third kappa shape index (κ3) is 3.03. The molecule has 2 aromatic heterocycles. The second-order valence-corrected chi connectivity index (χ2v) is 6.36. The maximum atomic E-state index is 12.7. The monoisotopic (exact) mass is 372 g/mol. The molecule has 7 nitrogen and oxygen atoms in total. The van der Waals surface area contributed by atoms with Crippen LogP contribution >= 0.6 is 11.3 Å². The Hall–Kier alpha value is -2.87. The van der Waals surface area contributed by atoms with E-state index in [1.165, 1.54) is 11.3 Å². The van der Waals surface area contributed by atoms with E-state index in [1.807, 2.05) is 23.6 Å². The number of hydrogen-bond donors (Lipinski definition) is 0. The van der Waals surface area contributed by atoms with E-state index in [2.05, 4.69) is 16.7 Å². The first-order chi connectivity index (χ1) is 12.6. The first kappa shape index (κ1) is 17.9. The highest BCUT2D eigenvalue weighted by Crippen LogP contribution is 2.35. The summed E-state index contributed by atoms with van der Waals surface area (Å²) in [6.07, 6.45) is 3.35. The molecule has 26 heavy (non-hydrogen) atoms. The van der Waals surface area contributed by atoms with Gasteiger partial charge in [-0.1, -0.05) is 17.4 Å². The summed E-state index contributed by atoms with van der Waals surface area (Å²) in [7, 11) is 3.22. The molecule has 0 atom stereocenters. The molecule has 0 unspecified atom stereocenters. The summed E-state index contributed by atoms with van der Waals surface area (Å²) >= 11 is 1.38. The Morgan fingerprint density at radius 3 is 2.69 bits per heavy atom. The normalized spacial score (nSPS) is 11.7. The van der Waals surface area contributed by atoms with Gasteiger partial charge in [0.2, 0.25) is 0 Å². The van der Waals surface area contributed by atoms with Crippen LogP contribution in [0.2, 0.25) is 0 Å². The fourth-order valence-electron chi connectivity index (χ4n) is 2.75. The molecule has 0 radical (unpaired) electrons. The first-order valence-electron chi connectivity index (χ1n) is 8.10. The zero-order valence-electron chi connectivity index (χ0n) is 14.9. The standard InChI is InChI=1S/C18H20N4O3S/c1-5-11-21-15-13(24-3)7-8-14(25-4)16(15)26-18(21)20-17(23)12-9-10-19-22(12)6-2/h5,7-10H,1,6,11H2,2-4H3. The number of carbonyl (C=O) groups is 1. The number of hydrogen-bond acceptors (Lipinski definition) is 5. The van der Waals surface area contributed by atoms with Crippen LogP contribution in [0, 0.1) is 0 Å². The first-order valence-corrected chi connectivity index (χ1v) is 8.92. The third-order valence-electron chi connectivity index (χ3n) is 3.94. The molecule has 3 rings (SSSR count). The van der Waals surface area contributed by atoms with Crippen LogP contribution in [0.5, 0.6) is 11.5 Å². The lowest BCUT2D eigenvalue weighted by atomic mass is 10.3. The van der Waals surface area contributed by atoms with Gasteiger partial charge in [0.15, 0.2) is 4.80 Å². The number of aryl methyl sites for hydroxylation is 1. The van der Waals surface area contributed by atoms with E-state index < -0.39 is 0 Å². The highest BCUT2D eigenvalue weighted by atomic mass is 32.1. The van der Waals surface area contributed by atoms with Crippen molar-refractivity contribution >= 4 is 27.5 Å². The summed E-state index contributed by atoms with van der Waals surface area (Å²) in [6, 6.07) is 5.35. The zero-order valence-corrected chi connectivity index (χ0v) is 15.7. The summed E-state index contributed by atoms with van der Waals surface area (Å²) in [5.41, 5.74) is 1.28. The van der Waals surface area contributed by atoms with Gasteiger partial charge >= 0.3 is 0 Å². The Kier molecular flexibility index (Phi) is 5.22. The largest absolute Gasteiger partial charge is 0.495 e. The number of rotatable bonds is 6. The molecule has 2 heterocycles. The number of amides is 1. The molecule has 0 saturated carbocycles. The number of nitrogens with zero attached hydrogens (tertiary/aromatic N) is 4. The molecule has 136 valence electrons. The van der Waals surface area contributed by atoms with Crippen molar-refractivity contribution in [1.29, 1.82) is 0 Å². The van der Waals surface area contributed by atoms with E-state index in [0.29, 0.717) is 35.1 Å². The number of thiazole rings is 1. The fraction of sp³-hybridized carbons (Fsp3) is 0.278.